The van der Waals surface area contributed by atoms with E-state index >= 15 is 0 Å². The number of halogens is 1. The molecule has 0 aromatic heterocycles. The predicted molar refractivity (Wildman–Crippen MR) is 79.6 cm³/mol. The van der Waals surface area contributed by atoms with Crippen molar-refractivity contribution >= 4 is 17.3 Å². The van der Waals surface area contributed by atoms with E-state index in [4.69, 9.17) is 10.5 Å². The van der Waals surface area contributed by atoms with Crippen molar-refractivity contribution < 1.29 is 13.9 Å². The maximum absolute atomic E-state index is 12.8. The summed E-state index contributed by atoms with van der Waals surface area (Å²) in [6.07, 6.45) is -0.0380. The predicted octanol–water partition coefficient (Wildman–Crippen LogP) is 3.10. The van der Waals surface area contributed by atoms with Crippen LogP contribution in [0.25, 0.3) is 0 Å². The van der Waals surface area contributed by atoms with Crippen LogP contribution in [-0.4, -0.2) is 18.7 Å². The first kappa shape index (κ1) is 14.7. The summed E-state index contributed by atoms with van der Waals surface area (Å²) in [5, 5.41) is 0. The van der Waals surface area contributed by atoms with Crippen LogP contribution < -0.4 is 10.5 Å². The number of nitrogens with zero attached hydrogens (tertiary/aromatic N) is 1. The molecule has 2 aromatic rings. The van der Waals surface area contributed by atoms with Crippen LogP contribution in [-0.2, 0) is 0 Å². The van der Waals surface area contributed by atoms with Crippen LogP contribution in [0.3, 0.4) is 0 Å². The number of rotatable bonds is 5. The van der Waals surface area contributed by atoms with Crippen LogP contribution in [0.15, 0.2) is 53.5 Å². The Morgan fingerprint density at radius 1 is 1.19 bits per heavy atom. The number of aliphatic imine (C=N–C) groups is 1. The van der Waals surface area contributed by atoms with Crippen molar-refractivity contribution in [2.45, 2.75) is 6.42 Å². The average molecular weight is 286 g/mol. The maximum atomic E-state index is 12.8. The third-order valence-electron chi connectivity index (χ3n) is 2.86. The molecule has 0 spiro atoms. The third-order valence-corrected chi connectivity index (χ3v) is 2.86. The summed E-state index contributed by atoms with van der Waals surface area (Å²) in [5.74, 6) is 0.150. The third kappa shape index (κ3) is 3.89. The lowest BCUT2D eigenvalue weighted by molar-refractivity contribution is 0.100. The molecule has 0 unspecified atom stereocenters. The van der Waals surface area contributed by atoms with E-state index in [1.165, 1.54) is 31.4 Å². The minimum absolute atomic E-state index is 0.0380. The van der Waals surface area contributed by atoms with Gasteiger partial charge < -0.3 is 10.5 Å². The van der Waals surface area contributed by atoms with Crippen molar-refractivity contribution in [3.8, 4) is 5.75 Å². The molecule has 0 heterocycles. The fourth-order valence-electron chi connectivity index (χ4n) is 1.82. The van der Waals surface area contributed by atoms with Gasteiger partial charge in [0.25, 0.3) is 0 Å². The van der Waals surface area contributed by atoms with Crippen molar-refractivity contribution in [3.63, 3.8) is 0 Å². The van der Waals surface area contributed by atoms with Gasteiger partial charge in [-0.25, -0.2) is 9.38 Å². The van der Waals surface area contributed by atoms with Crippen LogP contribution in [0.2, 0.25) is 0 Å². The Morgan fingerprint density at radius 2 is 1.86 bits per heavy atom. The lowest BCUT2D eigenvalue weighted by Gasteiger charge is -2.05. The molecule has 0 saturated heterocycles. The number of amidine groups is 1. The number of hydrogen-bond donors (Lipinski definition) is 1. The van der Waals surface area contributed by atoms with Crippen LogP contribution in [0.5, 0.6) is 5.75 Å². The number of para-hydroxylation sites is 2. The molecular weight excluding hydrogens is 271 g/mol. The summed E-state index contributed by atoms with van der Waals surface area (Å²) < 4.78 is 18.0. The van der Waals surface area contributed by atoms with Gasteiger partial charge in [0.2, 0.25) is 0 Å². The van der Waals surface area contributed by atoms with E-state index in [0.29, 0.717) is 17.0 Å². The highest BCUT2D eigenvalue weighted by Crippen LogP contribution is 2.26. The summed E-state index contributed by atoms with van der Waals surface area (Å²) in [7, 11) is 1.54. The first-order valence-corrected chi connectivity index (χ1v) is 6.35. The van der Waals surface area contributed by atoms with Gasteiger partial charge in [-0.3, -0.25) is 4.79 Å². The van der Waals surface area contributed by atoms with Crippen LogP contribution in [0.1, 0.15) is 16.8 Å². The number of nitrogens with two attached hydrogens (primary N) is 1. The SMILES string of the molecule is COc1ccccc1N=C(N)CC(=O)c1ccc(F)cc1. The molecule has 0 amide bonds. The van der Waals surface area contributed by atoms with Gasteiger partial charge >= 0.3 is 0 Å². The van der Waals surface area contributed by atoms with Gasteiger partial charge in [0.15, 0.2) is 5.78 Å². The summed E-state index contributed by atoms with van der Waals surface area (Å²) >= 11 is 0. The van der Waals surface area contributed by atoms with Gasteiger partial charge in [-0.15, -0.1) is 0 Å². The van der Waals surface area contributed by atoms with E-state index < -0.39 is 0 Å². The lowest BCUT2D eigenvalue weighted by atomic mass is 10.1. The molecule has 2 aromatic carbocycles. The van der Waals surface area contributed by atoms with Crippen molar-refractivity contribution in [1.82, 2.24) is 0 Å². The molecule has 0 fully saturated rings. The normalized spacial score (nSPS) is 11.2. The van der Waals surface area contributed by atoms with Crippen molar-refractivity contribution in [2.75, 3.05) is 7.11 Å². The molecular formula is C16H15FN2O2. The maximum Gasteiger partial charge on any atom is 0.170 e. The van der Waals surface area contributed by atoms with E-state index in [1.54, 1.807) is 18.2 Å². The second-order valence-electron chi connectivity index (χ2n) is 4.38. The van der Waals surface area contributed by atoms with Crippen LogP contribution in [0.4, 0.5) is 10.1 Å². The zero-order valence-electron chi connectivity index (χ0n) is 11.5. The molecule has 4 nitrogen and oxygen atoms in total. The van der Waals surface area contributed by atoms with E-state index in [2.05, 4.69) is 4.99 Å². The summed E-state index contributed by atoms with van der Waals surface area (Å²) in [4.78, 5) is 16.2. The van der Waals surface area contributed by atoms with Gasteiger partial charge in [-0.1, -0.05) is 12.1 Å². The zero-order valence-corrected chi connectivity index (χ0v) is 11.5. The quantitative estimate of drug-likeness (QED) is 0.522. The molecule has 0 atom stereocenters. The smallest absolute Gasteiger partial charge is 0.170 e. The molecule has 0 aliphatic carbocycles. The van der Waals surface area contributed by atoms with Gasteiger partial charge in [0.1, 0.15) is 23.1 Å². The second kappa shape index (κ2) is 6.65. The topological polar surface area (TPSA) is 64.7 Å². The summed E-state index contributed by atoms with van der Waals surface area (Å²) in [6.45, 7) is 0. The Morgan fingerprint density at radius 3 is 2.52 bits per heavy atom. The van der Waals surface area contributed by atoms with Gasteiger partial charge in [-0.05, 0) is 36.4 Å². The monoisotopic (exact) mass is 286 g/mol. The Balaban J connectivity index is 2.13. The second-order valence-corrected chi connectivity index (χ2v) is 4.38. The standard InChI is InChI=1S/C16H15FN2O2/c1-21-15-5-3-2-4-13(15)19-16(18)10-14(20)11-6-8-12(17)9-7-11/h2-9H,10H2,1H3,(H2,18,19). The molecule has 0 bridgehead atoms. The highest BCUT2D eigenvalue weighted by atomic mass is 19.1. The number of carbonyl (C=O) groups excluding carboxylic acids is 1. The molecule has 2 rings (SSSR count). The average Bonchev–Trinajstić information content (AvgIpc) is 2.48. The van der Waals surface area contributed by atoms with Crippen LogP contribution >= 0.6 is 0 Å². The van der Waals surface area contributed by atoms with E-state index in [9.17, 15) is 9.18 Å². The Bertz CT molecular complexity index is 666. The summed E-state index contributed by atoms with van der Waals surface area (Å²) in [5.41, 5.74) is 6.75. The number of carbonyl (C=O) groups is 1. The number of methoxy groups -OCH3 is 1. The molecule has 2 N–H and O–H groups in total. The van der Waals surface area contributed by atoms with E-state index in [0.717, 1.165) is 0 Å². The number of Topliss-reactive ketones (excluding diaryl/α,β-unsaturated/α-hetero) is 1. The van der Waals surface area contributed by atoms with Crippen molar-refractivity contribution in [2.24, 2.45) is 10.7 Å². The lowest BCUT2D eigenvalue weighted by Crippen LogP contribution is -2.17. The Labute approximate surface area is 122 Å². The fraction of sp³-hybridized carbons (Fsp3) is 0.125. The minimum Gasteiger partial charge on any atom is -0.494 e. The first-order chi connectivity index (χ1) is 10.1. The minimum atomic E-state index is -0.387. The molecule has 0 aliphatic heterocycles. The number of benzene rings is 2. The first-order valence-electron chi connectivity index (χ1n) is 6.35. The van der Waals surface area contributed by atoms with Crippen molar-refractivity contribution in [3.05, 3.63) is 59.9 Å². The highest BCUT2D eigenvalue weighted by Gasteiger charge is 2.09. The number of ether oxygens (including phenoxy) is 1. The van der Waals surface area contributed by atoms with Gasteiger partial charge in [-0.2, -0.15) is 0 Å². The molecule has 108 valence electrons. The molecule has 0 radical (unpaired) electrons. The highest BCUT2D eigenvalue weighted by molar-refractivity contribution is 6.09. The van der Waals surface area contributed by atoms with Crippen LogP contribution in [0, 0.1) is 5.82 Å². The van der Waals surface area contributed by atoms with E-state index in [1.807, 2.05) is 6.07 Å². The Hall–Kier alpha value is -2.69. The number of ketones is 1. The van der Waals surface area contributed by atoms with Gasteiger partial charge in [0.05, 0.1) is 13.5 Å². The van der Waals surface area contributed by atoms with Gasteiger partial charge in [0, 0.05) is 5.56 Å². The molecule has 5 heteroatoms. The van der Waals surface area contributed by atoms with E-state index in [-0.39, 0.29) is 23.9 Å². The summed E-state index contributed by atoms with van der Waals surface area (Å²) in [6, 6.07) is 12.4. The largest absolute Gasteiger partial charge is 0.494 e. The zero-order chi connectivity index (χ0) is 15.2. The number of hydrogen-bond acceptors (Lipinski definition) is 3. The molecule has 0 aliphatic rings. The Kier molecular flexibility index (Phi) is 4.66. The fourth-order valence-corrected chi connectivity index (χ4v) is 1.82. The molecule has 21 heavy (non-hydrogen) atoms. The molecule has 0 saturated carbocycles. The van der Waals surface area contributed by atoms with Crippen molar-refractivity contribution in [1.29, 1.82) is 0 Å².